The molecule has 0 saturated carbocycles. The summed E-state index contributed by atoms with van der Waals surface area (Å²) in [6, 6.07) is 5.92. The van der Waals surface area contributed by atoms with Crippen LogP contribution >= 0.6 is 0 Å². The van der Waals surface area contributed by atoms with Crippen molar-refractivity contribution in [3.63, 3.8) is 0 Å². The highest BCUT2D eigenvalue weighted by molar-refractivity contribution is 5.87. The number of hydrogen-bond donors (Lipinski definition) is 2. The van der Waals surface area contributed by atoms with Gasteiger partial charge in [0.15, 0.2) is 0 Å². The second kappa shape index (κ2) is 3.27. The summed E-state index contributed by atoms with van der Waals surface area (Å²) in [6.07, 6.45) is 1.67. The third kappa shape index (κ3) is 1.41. The molecule has 0 saturated heterocycles. The number of fused-ring (bicyclic) bond motifs is 1. The van der Waals surface area contributed by atoms with Gasteiger partial charge in [0, 0.05) is 7.05 Å². The first kappa shape index (κ1) is 9.51. The summed E-state index contributed by atoms with van der Waals surface area (Å²) in [5.41, 5.74) is 8.42. The molecule has 1 aromatic heterocycles. The molecule has 0 radical (unpaired) electrons. The summed E-state index contributed by atoms with van der Waals surface area (Å²) in [4.78, 5) is 4.29. The van der Waals surface area contributed by atoms with E-state index in [0.717, 1.165) is 16.6 Å². The minimum absolute atomic E-state index is 0.0178. The van der Waals surface area contributed by atoms with E-state index in [1.54, 1.807) is 18.1 Å². The van der Waals surface area contributed by atoms with Gasteiger partial charge >= 0.3 is 0 Å². The molecule has 2 aromatic rings. The second-order valence-corrected chi connectivity index (χ2v) is 3.44. The minimum atomic E-state index is -0.0178. The van der Waals surface area contributed by atoms with Gasteiger partial charge in [-0.3, -0.25) is 10.4 Å². The Labute approximate surface area is 87.6 Å². The third-order valence-electron chi connectivity index (χ3n) is 2.43. The second-order valence-electron chi connectivity index (χ2n) is 3.44. The quantitative estimate of drug-likeness (QED) is 0.532. The number of nitrogens with two attached hydrogens (primary N) is 1. The molecule has 0 spiro atoms. The standard InChI is InChI=1S/C10H13N5/c1-7-4-3-5-8-9(7)13-6-15(8)14(2)10(11)12/h3-6H,1-2H3,(H3,11,12). The molecule has 0 amide bonds. The zero-order valence-corrected chi connectivity index (χ0v) is 8.73. The van der Waals surface area contributed by atoms with Crippen molar-refractivity contribution in [2.45, 2.75) is 6.92 Å². The van der Waals surface area contributed by atoms with Crippen LogP contribution in [-0.2, 0) is 0 Å². The molecule has 3 N–H and O–H groups in total. The Morgan fingerprint density at radius 3 is 2.93 bits per heavy atom. The van der Waals surface area contributed by atoms with Gasteiger partial charge in [0.2, 0.25) is 5.96 Å². The van der Waals surface area contributed by atoms with E-state index in [1.165, 1.54) is 5.01 Å². The molecular weight excluding hydrogens is 190 g/mol. The molecular formula is C10H13N5. The lowest BCUT2D eigenvalue weighted by Crippen LogP contribution is -2.40. The Hall–Kier alpha value is -2.04. The van der Waals surface area contributed by atoms with Crippen LogP contribution in [0, 0.1) is 12.3 Å². The highest BCUT2D eigenvalue weighted by Gasteiger charge is 2.08. The van der Waals surface area contributed by atoms with E-state index in [4.69, 9.17) is 11.1 Å². The topological polar surface area (TPSA) is 70.9 Å². The van der Waals surface area contributed by atoms with Crippen LogP contribution < -0.4 is 10.7 Å². The van der Waals surface area contributed by atoms with Crippen molar-refractivity contribution in [2.75, 3.05) is 12.1 Å². The lowest BCUT2D eigenvalue weighted by atomic mass is 10.2. The van der Waals surface area contributed by atoms with Crippen molar-refractivity contribution in [3.8, 4) is 0 Å². The summed E-state index contributed by atoms with van der Waals surface area (Å²) in [5, 5.41) is 8.90. The normalized spacial score (nSPS) is 10.5. The Morgan fingerprint density at radius 2 is 2.27 bits per heavy atom. The number of imidazole rings is 1. The van der Waals surface area contributed by atoms with E-state index in [2.05, 4.69) is 4.98 Å². The molecule has 2 rings (SSSR count). The van der Waals surface area contributed by atoms with Crippen LogP contribution in [0.4, 0.5) is 0 Å². The van der Waals surface area contributed by atoms with Crippen LogP contribution in [0.2, 0.25) is 0 Å². The molecule has 1 aromatic carbocycles. The first-order valence-corrected chi connectivity index (χ1v) is 4.62. The Kier molecular flexibility index (Phi) is 2.07. The van der Waals surface area contributed by atoms with Crippen LogP contribution in [0.15, 0.2) is 24.5 Å². The number of nitrogens with one attached hydrogen (secondary N) is 1. The summed E-state index contributed by atoms with van der Waals surface area (Å²) < 4.78 is 1.75. The van der Waals surface area contributed by atoms with Gasteiger partial charge in [0.1, 0.15) is 6.33 Å². The van der Waals surface area contributed by atoms with E-state index < -0.39 is 0 Å². The number of para-hydroxylation sites is 1. The number of aryl methyl sites for hydroxylation is 1. The van der Waals surface area contributed by atoms with E-state index in [9.17, 15) is 0 Å². The number of nitrogens with zero attached hydrogens (tertiary/aromatic N) is 3. The monoisotopic (exact) mass is 203 g/mol. The number of guanidine groups is 1. The molecule has 15 heavy (non-hydrogen) atoms. The molecule has 0 fully saturated rings. The van der Waals surface area contributed by atoms with Gasteiger partial charge in [0.05, 0.1) is 11.0 Å². The van der Waals surface area contributed by atoms with Crippen LogP contribution in [0.3, 0.4) is 0 Å². The van der Waals surface area contributed by atoms with Gasteiger partial charge in [-0.2, -0.15) is 0 Å². The highest BCUT2D eigenvalue weighted by atomic mass is 15.6. The van der Waals surface area contributed by atoms with E-state index >= 15 is 0 Å². The maximum absolute atomic E-state index is 7.36. The SMILES string of the molecule is Cc1cccc2c1ncn2N(C)C(=N)N. The molecule has 0 aliphatic rings. The fraction of sp³-hybridized carbons (Fsp3) is 0.200. The maximum Gasteiger partial charge on any atom is 0.207 e. The zero-order valence-electron chi connectivity index (χ0n) is 8.73. The van der Waals surface area contributed by atoms with Crippen molar-refractivity contribution >= 4 is 17.0 Å². The maximum atomic E-state index is 7.36. The molecule has 0 atom stereocenters. The molecule has 5 nitrogen and oxygen atoms in total. The van der Waals surface area contributed by atoms with Crippen molar-refractivity contribution < 1.29 is 0 Å². The number of hydrogen-bond acceptors (Lipinski definition) is 2. The summed E-state index contributed by atoms with van der Waals surface area (Å²) in [5.74, 6) is -0.0178. The third-order valence-corrected chi connectivity index (χ3v) is 2.43. The summed E-state index contributed by atoms with van der Waals surface area (Å²) in [7, 11) is 1.73. The van der Waals surface area contributed by atoms with Gasteiger partial charge < -0.3 is 5.73 Å². The van der Waals surface area contributed by atoms with E-state index in [-0.39, 0.29) is 5.96 Å². The minimum Gasteiger partial charge on any atom is -0.369 e. The van der Waals surface area contributed by atoms with Gasteiger partial charge in [-0.25, -0.2) is 9.66 Å². The average Bonchev–Trinajstić information content (AvgIpc) is 2.61. The van der Waals surface area contributed by atoms with Gasteiger partial charge in [0.25, 0.3) is 0 Å². The van der Waals surface area contributed by atoms with Gasteiger partial charge in [-0.05, 0) is 18.6 Å². The summed E-state index contributed by atoms with van der Waals surface area (Å²) >= 11 is 0. The molecule has 78 valence electrons. The number of benzene rings is 1. The highest BCUT2D eigenvalue weighted by Crippen LogP contribution is 2.16. The predicted molar refractivity (Wildman–Crippen MR) is 60.5 cm³/mol. The van der Waals surface area contributed by atoms with Gasteiger partial charge in [-0.1, -0.05) is 12.1 Å². The van der Waals surface area contributed by atoms with Crippen LogP contribution in [0.1, 0.15) is 5.56 Å². The lowest BCUT2D eigenvalue weighted by molar-refractivity contribution is 0.811. The molecule has 5 heteroatoms. The van der Waals surface area contributed by atoms with Crippen LogP contribution in [0.25, 0.3) is 11.0 Å². The van der Waals surface area contributed by atoms with Crippen molar-refractivity contribution in [3.05, 3.63) is 30.1 Å². The smallest absolute Gasteiger partial charge is 0.207 e. The lowest BCUT2D eigenvalue weighted by Gasteiger charge is -2.18. The molecule has 1 heterocycles. The Bertz CT molecular complexity index is 514. The Morgan fingerprint density at radius 1 is 1.53 bits per heavy atom. The Balaban J connectivity index is 2.64. The fourth-order valence-corrected chi connectivity index (χ4v) is 1.53. The van der Waals surface area contributed by atoms with Crippen molar-refractivity contribution in [2.24, 2.45) is 5.73 Å². The number of rotatable bonds is 1. The molecule has 0 bridgehead atoms. The van der Waals surface area contributed by atoms with Gasteiger partial charge in [-0.15, -0.1) is 0 Å². The summed E-state index contributed by atoms with van der Waals surface area (Å²) in [6.45, 7) is 2.01. The van der Waals surface area contributed by atoms with Crippen molar-refractivity contribution in [1.82, 2.24) is 9.66 Å². The number of aromatic nitrogens is 2. The van der Waals surface area contributed by atoms with E-state index in [0.29, 0.717) is 0 Å². The van der Waals surface area contributed by atoms with Crippen LogP contribution in [-0.4, -0.2) is 22.7 Å². The van der Waals surface area contributed by atoms with Crippen molar-refractivity contribution in [1.29, 1.82) is 5.41 Å². The van der Waals surface area contributed by atoms with E-state index in [1.807, 2.05) is 25.1 Å². The average molecular weight is 203 g/mol. The largest absolute Gasteiger partial charge is 0.369 e. The molecule has 0 unspecified atom stereocenters. The first-order chi connectivity index (χ1) is 7.11. The zero-order chi connectivity index (χ0) is 11.0. The fourth-order valence-electron chi connectivity index (χ4n) is 1.53. The molecule has 0 aliphatic heterocycles. The predicted octanol–water partition coefficient (Wildman–Crippen LogP) is 0.806. The first-order valence-electron chi connectivity index (χ1n) is 4.62. The molecule has 0 aliphatic carbocycles. The van der Waals surface area contributed by atoms with Crippen LogP contribution in [0.5, 0.6) is 0 Å².